The van der Waals surface area contributed by atoms with Crippen LogP contribution >= 0.6 is 0 Å². The van der Waals surface area contributed by atoms with Gasteiger partial charge in [0.2, 0.25) is 11.9 Å². The number of nitrogens with two attached hydrogens (primary N) is 4. The Hall–Kier alpha value is -3.22. The number of anilines is 3. The van der Waals surface area contributed by atoms with Crippen LogP contribution in [-0.2, 0) is 0 Å². The lowest BCUT2D eigenvalue weighted by Gasteiger charge is -2.05. The zero-order chi connectivity index (χ0) is 15.2. The van der Waals surface area contributed by atoms with Crippen molar-refractivity contribution in [3.05, 3.63) is 48.5 Å². The molecule has 7 heteroatoms. The Kier molecular flexibility index (Phi) is 4.25. The number of hydrogen-bond donors (Lipinski definition) is 5. The van der Waals surface area contributed by atoms with Crippen molar-refractivity contribution in [2.75, 3.05) is 16.8 Å². The van der Waals surface area contributed by atoms with Crippen LogP contribution in [0.25, 0.3) is 0 Å². The van der Waals surface area contributed by atoms with Crippen molar-refractivity contribution >= 4 is 34.7 Å². The van der Waals surface area contributed by atoms with E-state index in [-0.39, 0.29) is 11.9 Å². The summed E-state index contributed by atoms with van der Waals surface area (Å²) in [4.78, 5) is 8.07. The Morgan fingerprint density at radius 1 is 0.810 bits per heavy atom. The predicted octanol–water partition coefficient (Wildman–Crippen LogP) is 1.22. The molecule has 0 aliphatic rings. The van der Waals surface area contributed by atoms with E-state index >= 15 is 0 Å². The van der Waals surface area contributed by atoms with E-state index in [1.165, 1.54) is 0 Å². The summed E-state index contributed by atoms with van der Waals surface area (Å²) in [6, 6.07) is 14.0. The van der Waals surface area contributed by atoms with Crippen LogP contribution in [0, 0.1) is 0 Å². The number of guanidine groups is 2. The first-order chi connectivity index (χ1) is 10.0. The molecular weight excluding hydrogens is 266 g/mol. The minimum absolute atomic E-state index is 0.0419. The lowest BCUT2D eigenvalue weighted by atomic mass is 10.3. The van der Waals surface area contributed by atoms with Crippen LogP contribution in [-0.4, -0.2) is 11.9 Å². The molecule has 21 heavy (non-hydrogen) atoms. The topological polar surface area (TPSA) is 141 Å². The Morgan fingerprint density at radius 2 is 1.33 bits per heavy atom. The van der Waals surface area contributed by atoms with Crippen molar-refractivity contribution in [3.8, 4) is 0 Å². The SMILES string of the molecule is NC(=Nc1ccc(N)cc1)/N=C(\N)Nc1ccc(N)cc1. The second-order valence-corrected chi connectivity index (χ2v) is 4.31. The van der Waals surface area contributed by atoms with Crippen molar-refractivity contribution < 1.29 is 0 Å². The first-order valence-electron chi connectivity index (χ1n) is 6.19. The van der Waals surface area contributed by atoms with Crippen molar-refractivity contribution in [1.29, 1.82) is 0 Å². The third-order valence-corrected chi connectivity index (χ3v) is 2.55. The van der Waals surface area contributed by atoms with Crippen LogP contribution in [0.2, 0.25) is 0 Å². The highest BCUT2D eigenvalue weighted by Crippen LogP contribution is 2.14. The van der Waals surface area contributed by atoms with E-state index < -0.39 is 0 Å². The smallest absolute Gasteiger partial charge is 0.223 e. The Bertz CT molecular complexity index is 657. The minimum Gasteiger partial charge on any atom is -0.399 e. The fraction of sp³-hybridized carbons (Fsp3) is 0. The number of nitrogen functional groups attached to an aromatic ring is 2. The largest absolute Gasteiger partial charge is 0.399 e. The van der Waals surface area contributed by atoms with E-state index in [2.05, 4.69) is 15.3 Å². The molecule has 7 nitrogen and oxygen atoms in total. The third kappa shape index (κ3) is 4.43. The summed E-state index contributed by atoms with van der Waals surface area (Å²) in [7, 11) is 0. The highest BCUT2D eigenvalue weighted by atomic mass is 15.2. The maximum atomic E-state index is 5.75. The Labute approximate surface area is 122 Å². The molecule has 0 heterocycles. The summed E-state index contributed by atoms with van der Waals surface area (Å²) >= 11 is 0. The average molecular weight is 283 g/mol. The number of rotatable bonds is 2. The summed E-state index contributed by atoms with van der Waals surface area (Å²) in [5.41, 5.74) is 25.4. The van der Waals surface area contributed by atoms with Crippen LogP contribution in [0.1, 0.15) is 0 Å². The van der Waals surface area contributed by atoms with Gasteiger partial charge in [-0.2, -0.15) is 4.99 Å². The number of nitrogens with zero attached hydrogens (tertiary/aromatic N) is 2. The summed E-state index contributed by atoms with van der Waals surface area (Å²) < 4.78 is 0. The molecule has 2 aromatic rings. The van der Waals surface area contributed by atoms with Crippen LogP contribution < -0.4 is 28.3 Å². The predicted molar refractivity (Wildman–Crippen MR) is 88.2 cm³/mol. The molecular formula is C14H17N7. The van der Waals surface area contributed by atoms with Crippen LogP contribution in [0.15, 0.2) is 58.5 Å². The van der Waals surface area contributed by atoms with Gasteiger partial charge in [0, 0.05) is 17.1 Å². The molecule has 0 saturated heterocycles. The monoisotopic (exact) mass is 283 g/mol. The summed E-state index contributed by atoms with van der Waals surface area (Å²) in [6.45, 7) is 0. The van der Waals surface area contributed by atoms with Gasteiger partial charge >= 0.3 is 0 Å². The Morgan fingerprint density at radius 3 is 1.90 bits per heavy atom. The molecule has 0 fully saturated rings. The molecule has 0 aliphatic carbocycles. The second-order valence-electron chi connectivity index (χ2n) is 4.31. The molecule has 0 radical (unpaired) electrons. The molecule has 0 saturated carbocycles. The van der Waals surface area contributed by atoms with E-state index in [0.29, 0.717) is 17.1 Å². The quantitative estimate of drug-likeness (QED) is 0.320. The summed E-state index contributed by atoms with van der Waals surface area (Å²) in [5.74, 6) is 0.177. The zero-order valence-electron chi connectivity index (χ0n) is 11.3. The number of benzene rings is 2. The molecule has 0 unspecified atom stereocenters. The van der Waals surface area contributed by atoms with Crippen molar-refractivity contribution in [2.24, 2.45) is 21.5 Å². The van der Waals surface area contributed by atoms with Gasteiger partial charge in [-0.3, -0.25) is 0 Å². The Balaban J connectivity index is 2.06. The lowest BCUT2D eigenvalue weighted by Crippen LogP contribution is -2.26. The highest BCUT2D eigenvalue weighted by Gasteiger charge is 1.97. The van der Waals surface area contributed by atoms with E-state index in [1.54, 1.807) is 48.5 Å². The van der Waals surface area contributed by atoms with E-state index in [1.807, 2.05) is 0 Å². The van der Waals surface area contributed by atoms with Gasteiger partial charge in [0.1, 0.15) is 0 Å². The zero-order valence-corrected chi connectivity index (χ0v) is 11.3. The lowest BCUT2D eigenvalue weighted by molar-refractivity contribution is 1.39. The van der Waals surface area contributed by atoms with E-state index in [9.17, 15) is 0 Å². The fourth-order valence-corrected chi connectivity index (χ4v) is 1.57. The molecule has 108 valence electrons. The molecule has 2 rings (SSSR count). The van der Waals surface area contributed by atoms with Gasteiger partial charge in [-0.15, -0.1) is 0 Å². The molecule has 0 amide bonds. The van der Waals surface area contributed by atoms with Crippen LogP contribution in [0.4, 0.5) is 22.7 Å². The number of hydrogen-bond acceptors (Lipinski definition) is 3. The summed E-state index contributed by atoms with van der Waals surface area (Å²) in [5, 5.41) is 2.89. The van der Waals surface area contributed by atoms with E-state index in [0.717, 1.165) is 5.69 Å². The van der Waals surface area contributed by atoms with Crippen molar-refractivity contribution in [1.82, 2.24) is 0 Å². The number of aliphatic imine (C=N–C) groups is 2. The molecule has 0 aliphatic heterocycles. The van der Waals surface area contributed by atoms with Gasteiger partial charge in [-0.05, 0) is 48.5 Å². The molecule has 0 spiro atoms. The van der Waals surface area contributed by atoms with Gasteiger partial charge in [-0.1, -0.05) is 0 Å². The summed E-state index contributed by atoms with van der Waals surface area (Å²) in [6.07, 6.45) is 0. The number of nitrogens with one attached hydrogen (secondary N) is 1. The maximum Gasteiger partial charge on any atom is 0.223 e. The van der Waals surface area contributed by atoms with Crippen LogP contribution in [0.3, 0.4) is 0 Å². The van der Waals surface area contributed by atoms with Gasteiger partial charge in [0.25, 0.3) is 0 Å². The van der Waals surface area contributed by atoms with Crippen molar-refractivity contribution in [3.63, 3.8) is 0 Å². The third-order valence-electron chi connectivity index (χ3n) is 2.55. The fourth-order valence-electron chi connectivity index (χ4n) is 1.57. The average Bonchev–Trinajstić information content (AvgIpc) is 2.44. The second kappa shape index (κ2) is 6.29. The first-order valence-corrected chi connectivity index (χ1v) is 6.19. The van der Waals surface area contributed by atoms with Gasteiger partial charge in [0.05, 0.1) is 5.69 Å². The van der Waals surface area contributed by atoms with Gasteiger partial charge in [-0.25, -0.2) is 4.99 Å². The standard InChI is InChI=1S/C14H17N7/c15-9-1-5-11(6-2-9)19-13(17)21-14(18)20-12-7-3-10(16)4-8-12/h1-8H,15-16H2,(H5,17,18,19,20,21). The minimum atomic E-state index is 0.0419. The molecule has 2 aromatic carbocycles. The molecule has 0 bridgehead atoms. The van der Waals surface area contributed by atoms with Gasteiger partial charge in [0.15, 0.2) is 0 Å². The normalized spacial score (nSPS) is 12.2. The first kappa shape index (κ1) is 14.2. The molecule has 0 atom stereocenters. The van der Waals surface area contributed by atoms with Crippen LogP contribution in [0.5, 0.6) is 0 Å². The molecule has 0 aromatic heterocycles. The molecule has 9 N–H and O–H groups in total. The maximum absolute atomic E-state index is 5.75. The van der Waals surface area contributed by atoms with Crippen molar-refractivity contribution in [2.45, 2.75) is 0 Å². The van der Waals surface area contributed by atoms with Gasteiger partial charge < -0.3 is 28.3 Å². The van der Waals surface area contributed by atoms with E-state index in [4.69, 9.17) is 22.9 Å². The highest BCUT2D eigenvalue weighted by molar-refractivity contribution is 6.01.